The maximum absolute atomic E-state index is 6.05. The molecule has 100 valence electrons. The van der Waals surface area contributed by atoms with Crippen molar-refractivity contribution in [3.63, 3.8) is 0 Å². The molecule has 0 aromatic heterocycles. The van der Waals surface area contributed by atoms with Crippen molar-refractivity contribution >= 4 is 11.6 Å². The molecule has 0 aliphatic heterocycles. The van der Waals surface area contributed by atoms with Crippen LogP contribution in [0.2, 0.25) is 5.02 Å². The number of rotatable bonds is 6. The molecule has 0 radical (unpaired) electrons. The fourth-order valence-electron chi connectivity index (χ4n) is 2.72. The predicted octanol–water partition coefficient (Wildman–Crippen LogP) is 3.81. The van der Waals surface area contributed by atoms with Crippen molar-refractivity contribution in [2.45, 2.75) is 38.3 Å². The van der Waals surface area contributed by atoms with E-state index in [2.05, 4.69) is 24.4 Å². The molecule has 1 atom stereocenters. The van der Waals surface area contributed by atoms with E-state index < -0.39 is 0 Å². The summed E-state index contributed by atoms with van der Waals surface area (Å²) in [5.74, 6) is 0.776. The zero-order valence-corrected chi connectivity index (χ0v) is 11.9. The average Bonchev–Trinajstić information content (AvgIpc) is 2.32. The van der Waals surface area contributed by atoms with Crippen LogP contribution in [0, 0.1) is 5.92 Å². The second-order valence-corrected chi connectivity index (χ2v) is 5.48. The van der Waals surface area contributed by atoms with Gasteiger partial charge in [-0.1, -0.05) is 23.7 Å². The van der Waals surface area contributed by atoms with Gasteiger partial charge in [0.15, 0.2) is 0 Å². The number of ether oxygens (including phenoxy) is 1. The standard InChI is InChI=1S/C15H22ClNO/c1-3-18-14-7-11(8-14)9-15(17-2)12-5-4-6-13(16)10-12/h4-6,10-11,14-15,17H,3,7-9H2,1-2H3. The second kappa shape index (κ2) is 6.55. The Morgan fingerprint density at radius 3 is 2.83 bits per heavy atom. The molecule has 0 spiro atoms. The van der Waals surface area contributed by atoms with Crippen LogP contribution in [0.25, 0.3) is 0 Å². The van der Waals surface area contributed by atoms with Gasteiger partial charge >= 0.3 is 0 Å². The van der Waals surface area contributed by atoms with E-state index in [0.717, 1.165) is 17.5 Å². The Morgan fingerprint density at radius 2 is 2.22 bits per heavy atom. The zero-order chi connectivity index (χ0) is 13.0. The van der Waals surface area contributed by atoms with Gasteiger partial charge in [0.05, 0.1) is 6.10 Å². The molecule has 0 heterocycles. The molecule has 1 fully saturated rings. The maximum Gasteiger partial charge on any atom is 0.0580 e. The Labute approximate surface area is 115 Å². The largest absolute Gasteiger partial charge is 0.378 e. The molecule has 1 aliphatic rings. The summed E-state index contributed by atoms with van der Waals surface area (Å²) in [7, 11) is 2.02. The van der Waals surface area contributed by atoms with Crippen molar-refractivity contribution < 1.29 is 4.74 Å². The number of halogens is 1. The molecular formula is C15H22ClNO. The van der Waals surface area contributed by atoms with Gasteiger partial charge < -0.3 is 10.1 Å². The van der Waals surface area contributed by atoms with Crippen molar-refractivity contribution in [2.24, 2.45) is 5.92 Å². The Bertz CT molecular complexity index is 377. The highest BCUT2D eigenvalue weighted by molar-refractivity contribution is 6.30. The van der Waals surface area contributed by atoms with Gasteiger partial charge in [0.2, 0.25) is 0 Å². The molecule has 1 aromatic carbocycles. The molecule has 2 rings (SSSR count). The first-order valence-corrected chi connectivity index (χ1v) is 7.15. The van der Waals surface area contributed by atoms with Crippen LogP contribution >= 0.6 is 11.6 Å². The lowest BCUT2D eigenvalue weighted by molar-refractivity contribution is -0.0289. The summed E-state index contributed by atoms with van der Waals surface area (Å²) in [6, 6.07) is 8.54. The van der Waals surface area contributed by atoms with Gasteiger partial charge in [-0.15, -0.1) is 0 Å². The van der Waals surface area contributed by atoms with Crippen LogP contribution in [0.5, 0.6) is 0 Å². The van der Waals surface area contributed by atoms with Crippen LogP contribution in [0.3, 0.4) is 0 Å². The Hall–Kier alpha value is -0.570. The average molecular weight is 268 g/mol. The summed E-state index contributed by atoms with van der Waals surface area (Å²) >= 11 is 6.05. The van der Waals surface area contributed by atoms with E-state index in [1.54, 1.807) is 0 Å². The van der Waals surface area contributed by atoms with Crippen LogP contribution in [0.4, 0.5) is 0 Å². The van der Waals surface area contributed by atoms with Gasteiger partial charge in [-0.05, 0) is 56.8 Å². The van der Waals surface area contributed by atoms with Crippen molar-refractivity contribution in [3.8, 4) is 0 Å². The van der Waals surface area contributed by atoms with E-state index in [-0.39, 0.29) is 0 Å². The summed E-state index contributed by atoms with van der Waals surface area (Å²) in [5.41, 5.74) is 1.28. The van der Waals surface area contributed by atoms with E-state index in [0.29, 0.717) is 12.1 Å². The highest BCUT2D eigenvalue weighted by Crippen LogP contribution is 2.37. The lowest BCUT2D eigenvalue weighted by Gasteiger charge is -2.37. The van der Waals surface area contributed by atoms with E-state index in [9.17, 15) is 0 Å². The third-order valence-electron chi connectivity index (χ3n) is 3.76. The molecule has 3 heteroatoms. The summed E-state index contributed by atoms with van der Waals surface area (Å²) in [6.45, 7) is 2.90. The van der Waals surface area contributed by atoms with Crippen LogP contribution in [-0.2, 0) is 4.74 Å². The zero-order valence-electron chi connectivity index (χ0n) is 11.2. The molecule has 1 unspecified atom stereocenters. The second-order valence-electron chi connectivity index (χ2n) is 5.05. The third kappa shape index (κ3) is 3.47. The lowest BCUT2D eigenvalue weighted by Crippen LogP contribution is -2.34. The Morgan fingerprint density at radius 1 is 1.44 bits per heavy atom. The normalized spacial score (nSPS) is 24.6. The summed E-state index contributed by atoms with van der Waals surface area (Å²) < 4.78 is 5.61. The minimum Gasteiger partial charge on any atom is -0.378 e. The van der Waals surface area contributed by atoms with E-state index in [4.69, 9.17) is 16.3 Å². The quantitative estimate of drug-likeness (QED) is 0.846. The first-order chi connectivity index (χ1) is 8.72. The van der Waals surface area contributed by atoms with Crippen LogP contribution in [-0.4, -0.2) is 19.8 Å². The van der Waals surface area contributed by atoms with Gasteiger partial charge in [0.1, 0.15) is 0 Å². The van der Waals surface area contributed by atoms with Gasteiger partial charge in [0.25, 0.3) is 0 Å². The maximum atomic E-state index is 6.05. The minimum atomic E-state index is 0.399. The summed E-state index contributed by atoms with van der Waals surface area (Å²) in [6.07, 6.45) is 4.07. The Balaban J connectivity index is 1.87. The molecule has 2 nitrogen and oxygen atoms in total. The van der Waals surface area contributed by atoms with Crippen LogP contribution in [0.1, 0.15) is 37.8 Å². The SMILES string of the molecule is CCOC1CC(CC(NC)c2cccc(Cl)c2)C1. The molecule has 1 N–H and O–H groups in total. The van der Waals surface area contributed by atoms with Gasteiger partial charge in [-0.3, -0.25) is 0 Å². The van der Waals surface area contributed by atoms with Crippen molar-refractivity contribution in [1.29, 1.82) is 0 Å². The first-order valence-electron chi connectivity index (χ1n) is 6.77. The van der Waals surface area contributed by atoms with E-state index >= 15 is 0 Å². The van der Waals surface area contributed by atoms with Gasteiger partial charge in [-0.25, -0.2) is 0 Å². The molecule has 0 bridgehead atoms. The lowest BCUT2D eigenvalue weighted by atomic mass is 9.77. The number of hydrogen-bond acceptors (Lipinski definition) is 2. The molecule has 1 saturated carbocycles. The van der Waals surface area contributed by atoms with Crippen LogP contribution < -0.4 is 5.32 Å². The van der Waals surface area contributed by atoms with E-state index in [1.165, 1.54) is 24.8 Å². The first kappa shape index (κ1) is 13.9. The Kier molecular flexibility index (Phi) is 5.04. The summed E-state index contributed by atoms with van der Waals surface area (Å²) in [5, 5.41) is 4.21. The number of benzene rings is 1. The predicted molar refractivity (Wildman–Crippen MR) is 76.0 cm³/mol. The van der Waals surface area contributed by atoms with Gasteiger partial charge in [-0.2, -0.15) is 0 Å². The minimum absolute atomic E-state index is 0.399. The highest BCUT2D eigenvalue weighted by Gasteiger charge is 2.31. The molecule has 0 amide bonds. The van der Waals surface area contributed by atoms with E-state index in [1.807, 2.05) is 19.2 Å². The fraction of sp³-hybridized carbons (Fsp3) is 0.600. The summed E-state index contributed by atoms with van der Waals surface area (Å²) in [4.78, 5) is 0. The molecular weight excluding hydrogens is 246 g/mol. The van der Waals surface area contributed by atoms with Crippen molar-refractivity contribution in [2.75, 3.05) is 13.7 Å². The molecule has 1 aromatic rings. The number of nitrogens with one attached hydrogen (secondary N) is 1. The van der Waals surface area contributed by atoms with Crippen molar-refractivity contribution in [3.05, 3.63) is 34.9 Å². The van der Waals surface area contributed by atoms with Crippen molar-refractivity contribution in [1.82, 2.24) is 5.32 Å². The topological polar surface area (TPSA) is 21.3 Å². The van der Waals surface area contributed by atoms with Gasteiger partial charge in [0, 0.05) is 17.7 Å². The third-order valence-corrected chi connectivity index (χ3v) is 4.00. The molecule has 0 saturated heterocycles. The fourth-order valence-corrected chi connectivity index (χ4v) is 2.91. The number of hydrogen-bond donors (Lipinski definition) is 1. The van der Waals surface area contributed by atoms with Crippen LogP contribution in [0.15, 0.2) is 24.3 Å². The smallest absolute Gasteiger partial charge is 0.0580 e. The highest BCUT2D eigenvalue weighted by atomic mass is 35.5. The molecule has 18 heavy (non-hydrogen) atoms. The monoisotopic (exact) mass is 267 g/mol. The molecule has 1 aliphatic carbocycles.